The fourth-order valence-corrected chi connectivity index (χ4v) is 1.77. The van der Waals surface area contributed by atoms with E-state index in [1.807, 2.05) is 26.8 Å². The molecule has 2 rings (SSSR count). The number of aromatic nitrogens is 3. The van der Waals surface area contributed by atoms with Crippen LogP contribution < -0.4 is 0 Å². The molecule has 0 amide bonds. The molecule has 0 aliphatic heterocycles. The van der Waals surface area contributed by atoms with Crippen molar-refractivity contribution < 1.29 is 5.11 Å². The lowest BCUT2D eigenvalue weighted by Gasteiger charge is -2.06. The summed E-state index contributed by atoms with van der Waals surface area (Å²) >= 11 is 0. The zero-order valence-corrected chi connectivity index (χ0v) is 10.2. The summed E-state index contributed by atoms with van der Waals surface area (Å²) < 4.78 is 0. The third-order valence-electron chi connectivity index (χ3n) is 2.50. The largest absolute Gasteiger partial charge is 0.390 e. The van der Waals surface area contributed by atoms with Gasteiger partial charge in [0.05, 0.1) is 12.3 Å². The van der Waals surface area contributed by atoms with E-state index in [1.165, 1.54) is 0 Å². The molecule has 0 radical (unpaired) electrons. The maximum atomic E-state index is 9.14. The van der Waals surface area contributed by atoms with E-state index >= 15 is 0 Å². The van der Waals surface area contributed by atoms with Crippen LogP contribution in [0.15, 0.2) is 18.3 Å². The summed E-state index contributed by atoms with van der Waals surface area (Å²) in [6, 6.07) is 3.82. The smallest absolute Gasteiger partial charge is 0.178 e. The highest BCUT2D eigenvalue weighted by Crippen LogP contribution is 2.18. The lowest BCUT2D eigenvalue weighted by Crippen LogP contribution is -2.00. The summed E-state index contributed by atoms with van der Waals surface area (Å²) in [5.74, 6) is 0.576. The topological polar surface area (TPSA) is 58.9 Å². The number of rotatable bonds is 2. The Labute approximate surface area is 100 Å². The molecule has 0 saturated heterocycles. The van der Waals surface area contributed by atoms with Gasteiger partial charge in [-0.3, -0.25) is 4.98 Å². The van der Waals surface area contributed by atoms with Crippen molar-refractivity contribution >= 4 is 0 Å². The van der Waals surface area contributed by atoms with Gasteiger partial charge in [0.2, 0.25) is 0 Å². The molecule has 0 spiro atoms. The first-order valence-electron chi connectivity index (χ1n) is 5.49. The van der Waals surface area contributed by atoms with Gasteiger partial charge in [0.15, 0.2) is 5.82 Å². The number of aliphatic hydroxyl groups is 1. The third-order valence-corrected chi connectivity index (χ3v) is 2.50. The maximum absolute atomic E-state index is 9.14. The Morgan fingerprint density at radius 2 is 1.88 bits per heavy atom. The molecule has 0 fully saturated rings. The van der Waals surface area contributed by atoms with Crippen molar-refractivity contribution in [3.05, 3.63) is 40.8 Å². The SMILES string of the molecule is Cc1cnc(-c2nc(C)cc(CO)n2)c(C)c1. The van der Waals surface area contributed by atoms with Crippen LogP contribution in [0.5, 0.6) is 0 Å². The zero-order chi connectivity index (χ0) is 12.4. The van der Waals surface area contributed by atoms with Crippen LogP contribution in [0.25, 0.3) is 11.5 Å². The zero-order valence-electron chi connectivity index (χ0n) is 10.2. The maximum Gasteiger partial charge on any atom is 0.178 e. The van der Waals surface area contributed by atoms with Crippen LogP contribution in [0.4, 0.5) is 0 Å². The molecular formula is C13H15N3O. The van der Waals surface area contributed by atoms with E-state index < -0.39 is 0 Å². The number of hydrogen-bond donors (Lipinski definition) is 1. The summed E-state index contributed by atoms with van der Waals surface area (Å²) in [5, 5.41) is 9.14. The van der Waals surface area contributed by atoms with E-state index in [4.69, 9.17) is 5.11 Å². The van der Waals surface area contributed by atoms with Crippen molar-refractivity contribution in [3.8, 4) is 11.5 Å². The van der Waals surface area contributed by atoms with Gasteiger partial charge in [0.25, 0.3) is 0 Å². The first-order valence-corrected chi connectivity index (χ1v) is 5.49. The molecule has 0 bridgehead atoms. The average Bonchev–Trinajstić information content (AvgIpc) is 2.28. The third kappa shape index (κ3) is 2.47. The standard InChI is InChI=1S/C13H15N3O/c1-8-4-9(2)12(14-6-8)13-15-10(3)5-11(7-17)16-13/h4-6,17H,7H2,1-3H3. The van der Waals surface area contributed by atoms with Gasteiger partial charge in [-0.25, -0.2) is 9.97 Å². The molecule has 1 N–H and O–H groups in total. The van der Waals surface area contributed by atoms with Crippen LogP contribution in [0.3, 0.4) is 0 Å². The quantitative estimate of drug-likeness (QED) is 0.855. The lowest BCUT2D eigenvalue weighted by atomic mass is 10.1. The van der Waals surface area contributed by atoms with Gasteiger partial charge in [-0.1, -0.05) is 6.07 Å². The fraction of sp³-hybridized carbons (Fsp3) is 0.308. The van der Waals surface area contributed by atoms with Crippen molar-refractivity contribution in [1.82, 2.24) is 15.0 Å². The van der Waals surface area contributed by atoms with Crippen LogP contribution in [0.1, 0.15) is 22.5 Å². The predicted molar refractivity (Wildman–Crippen MR) is 65.4 cm³/mol. The van der Waals surface area contributed by atoms with Crippen molar-refractivity contribution in [2.24, 2.45) is 0 Å². The number of nitrogens with zero attached hydrogens (tertiary/aromatic N) is 3. The molecule has 2 aromatic heterocycles. The number of aliphatic hydroxyl groups excluding tert-OH is 1. The molecule has 0 unspecified atom stereocenters. The highest BCUT2D eigenvalue weighted by atomic mass is 16.3. The predicted octanol–water partition coefficient (Wildman–Crippen LogP) is 1.96. The van der Waals surface area contributed by atoms with E-state index in [1.54, 1.807) is 12.3 Å². The Kier molecular flexibility index (Phi) is 3.15. The minimum Gasteiger partial charge on any atom is -0.390 e. The van der Waals surface area contributed by atoms with Gasteiger partial charge in [0, 0.05) is 11.9 Å². The minimum atomic E-state index is -0.0821. The van der Waals surface area contributed by atoms with E-state index in [-0.39, 0.29) is 6.61 Å². The van der Waals surface area contributed by atoms with Crippen molar-refractivity contribution in [2.75, 3.05) is 0 Å². The van der Waals surface area contributed by atoms with Crippen LogP contribution in [0.2, 0.25) is 0 Å². The Morgan fingerprint density at radius 3 is 2.53 bits per heavy atom. The summed E-state index contributed by atoms with van der Waals surface area (Å²) in [6.45, 7) is 5.79. The van der Waals surface area contributed by atoms with Crippen molar-refractivity contribution in [1.29, 1.82) is 0 Å². The van der Waals surface area contributed by atoms with Crippen LogP contribution in [0, 0.1) is 20.8 Å². The van der Waals surface area contributed by atoms with Gasteiger partial charge in [-0.2, -0.15) is 0 Å². The van der Waals surface area contributed by atoms with E-state index in [0.29, 0.717) is 11.5 Å². The lowest BCUT2D eigenvalue weighted by molar-refractivity contribution is 0.276. The van der Waals surface area contributed by atoms with Gasteiger partial charge in [0.1, 0.15) is 5.69 Å². The first kappa shape index (κ1) is 11.7. The molecule has 2 heterocycles. The summed E-state index contributed by atoms with van der Waals surface area (Å²) in [5.41, 5.74) is 4.38. The van der Waals surface area contributed by atoms with Gasteiger partial charge in [-0.05, 0) is 38.0 Å². The second-order valence-electron chi connectivity index (χ2n) is 4.16. The number of pyridine rings is 1. The van der Waals surface area contributed by atoms with Gasteiger partial charge < -0.3 is 5.11 Å². The molecule has 0 aliphatic rings. The molecule has 17 heavy (non-hydrogen) atoms. The van der Waals surface area contributed by atoms with Gasteiger partial charge in [-0.15, -0.1) is 0 Å². The van der Waals surface area contributed by atoms with E-state index in [2.05, 4.69) is 15.0 Å². The summed E-state index contributed by atoms with van der Waals surface area (Å²) in [4.78, 5) is 13.0. The van der Waals surface area contributed by atoms with E-state index in [9.17, 15) is 0 Å². The molecule has 4 heteroatoms. The Hall–Kier alpha value is -1.81. The minimum absolute atomic E-state index is 0.0821. The summed E-state index contributed by atoms with van der Waals surface area (Å²) in [6.07, 6.45) is 1.80. The van der Waals surface area contributed by atoms with Gasteiger partial charge >= 0.3 is 0 Å². The normalized spacial score (nSPS) is 10.6. The molecule has 88 valence electrons. The van der Waals surface area contributed by atoms with Crippen LogP contribution in [-0.4, -0.2) is 20.1 Å². The highest BCUT2D eigenvalue weighted by Gasteiger charge is 2.09. The second-order valence-corrected chi connectivity index (χ2v) is 4.16. The number of hydrogen-bond acceptors (Lipinski definition) is 4. The highest BCUT2D eigenvalue weighted by molar-refractivity contribution is 5.55. The molecular weight excluding hydrogens is 214 g/mol. The van der Waals surface area contributed by atoms with Crippen LogP contribution in [-0.2, 0) is 6.61 Å². The average molecular weight is 229 g/mol. The molecule has 0 atom stereocenters. The first-order chi connectivity index (χ1) is 8.10. The molecule has 0 aliphatic carbocycles. The second kappa shape index (κ2) is 4.59. The Morgan fingerprint density at radius 1 is 1.12 bits per heavy atom. The summed E-state index contributed by atoms with van der Waals surface area (Å²) in [7, 11) is 0. The number of aryl methyl sites for hydroxylation is 3. The fourth-order valence-electron chi connectivity index (χ4n) is 1.77. The Balaban J connectivity index is 2.55. The van der Waals surface area contributed by atoms with Crippen LogP contribution >= 0.6 is 0 Å². The molecule has 2 aromatic rings. The Bertz CT molecular complexity index is 552. The monoisotopic (exact) mass is 229 g/mol. The molecule has 4 nitrogen and oxygen atoms in total. The molecule has 0 saturated carbocycles. The van der Waals surface area contributed by atoms with Crippen molar-refractivity contribution in [3.63, 3.8) is 0 Å². The van der Waals surface area contributed by atoms with E-state index in [0.717, 1.165) is 22.5 Å². The molecule has 0 aromatic carbocycles. The van der Waals surface area contributed by atoms with Crippen molar-refractivity contribution in [2.45, 2.75) is 27.4 Å².